The zero-order valence-corrected chi connectivity index (χ0v) is 18.5. The molecule has 0 saturated carbocycles. The van der Waals surface area contributed by atoms with Crippen molar-refractivity contribution in [1.82, 2.24) is 0 Å². The number of nitriles is 1. The Morgan fingerprint density at radius 2 is 1.66 bits per heavy atom. The van der Waals surface area contributed by atoms with Crippen molar-refractivity contribution in [3.8, 4) is 6.07 Å². The summed E-state index contributed by atoms with van der Waals surface area (Å²) in [6.45, 7) is 7.97. The van der Waals surface area contributed by atoms with Crippen LogP contribution in [0.5, 0.6) is 0 Å². The van der Waals surface area contributed by atoms with Crippen LogP contribution in [0.4, 0.5) is 17.1 Å². The van der Waals surface area contributed by atoms with Gasteiger partial charge in [-0.25, -0.2) is 0 Å². The van der Waals surface area contributed by atoms with Crippen molar-refractivity contribution in [2.75, 3.05) is 10.2 Å². The Balaban J connectivity index is 2.06. The summed E-state index contributed by atoms with van der Waals surface area (Å²) < 4.78 is 0. The van der Waals surface area contributed by atoms with E-state index < -0.39 is 16.8 Å². The maximum Gasteiger partial charge on any atom is 0.255 e. The molecule has 0 bridgehead atoms. The van der Waals surface area contributed by atoms with Crippen molar-refractivity contribution in [2.45, 2.75) is 33.7 Å². The summed E-state index contributed by atoms with van der Waals surface area (Å²) in [6.07, 6.45) is 3.01. The van der Waals surface area contributed by atoms with Gasteiger partial charge in [-0.1, -0.05) is 51.1 Å². The van der Waals surface area contributed by atoms with Crippen molar-refractivity contribution < 1.29 is 4.79 Å². The van der Waals surface area contributed by atoms with Crippen molar-refractivity contribution in [3.05, 3.63) is 92.2 Å². The molecule has 162 valence electrons. The minimum absolute atomic E-state index is 0.0125. The van der Waals surface area contributed by atoms with Gasteiger partial charge in [-0.05, 0) is 48.2 Å². The van der Waals surface area contributed by atoms with Crippen LogP contribution in [0.1, 0.15) is 38.8 Å². The molecule has 3 rings (SSSR count). The quantitative estimate of drug-likeness (QED) is 0.466. The fraction of sp³-hybridized carbons (Fsp3) is 0.231. The molecule has 0 spiro atoms. The van der Waals surface area contributed by atoms with Gasteiger partial charge in [0.05, 0.1) is 11.6 Å². The number of hydrogen-bond acceptors (Lipinski definition) is 5. The van der Waals surface area contributed by atoms with E-state index in [1.54, 1.807) is 30.3 Å². The number of nitrogens with zero attached hydrogens (tertiary/aromatic N) is 2. The molecule has 0 heterocycles. The van der Waals surface area contributed by atoms with E-state index in [0.717, 1.165) is 5.56 Å². The molecule has 3 aromatic rings. The second-order valence-electron chi connectivity index (χ2n) is 8.69. The van der Waals surface area contributed by atoms with Gasteiger partial charge < -0.3 is 5.32 Å². The molecule has 0 aliphatic carbocycles. The highest BCUT2D eigenvalue weighted by molar-refractivity contribution is 6.11. The number of rotatable bonds is 6. The maximum absolute atomic E-state index is 13.2. The third-order valence-electron chi connectivity index (χ3n) is 5.46. The molecule has 6 heteroatoms. The fourth-order valence-corrected chi connectivity index (χ4v) is 3.02. The molecule has 32 heavy (non-hydrogen) atoms. The maximum atomic E-state index is 13.2. The highest BCUT2D eigenvalue weighted by Gasteiger charge is 2.32. The standard InChI is InChI=1S/C26H25N3O3/c1-17(26(2,3)4)28-22-23(25(32)24(22)31)29(20-13-10-19(16-27)11-14-20)21(30)15-12-18-8-6-5-7-9-18/h5-15,17,28H,1-4H3. The molecule has 0 aliphatic rings. The Hall–Kier alpha value is -3.98. The molecule has 0 fully saturated rings. The zero-order valence-electron chi connectivity index (χ0n) is 18.5. The van der Waals surface area contributed by atoms with E-state index in [1.165, 1.54) is 11.0 Å². The Morgan fingerprint density at radius 3 is 2.22 bits per heavy atom. The molecule has 0 aromatic heterocycles. The van der Waals surface area contributed by atoms with Gasteiger partial charge in [-0.2, -0.15) is 5.26 Å². The lowest BCUT2D eigenvalue weighted by Gasteiger charge is -2.32. The topological polar surface area (TPSA) is 90.3 Å². The predicted molar refractivity (Wildman–Crippen MR) is 128 cm³/mol. The third kappa shape index (κ3) is 4.68. The van der Waals surface area contributed by atoms with Crippen LogP contribution in [-0.4, -0.2) is 11.9 Å². The SMILES string of the molecule is CC(Nc1c(N(C(=O)C=Cc2ccccc2)c2ccc(C#N)cc2)c(=O)c1=O)C(C)(C)C. The lowest BCUT2D eigenvalue weighted by Crippen LogP contribution is -2.45. The van der Waals surface area contributed by atoms with E-state index in [1.807, 2.05) is 64.1 Å². The Morgan fingerprint density at radius 1 is 1.03 bits per heavy atom. The van der Waals surface area contributed by atoms with Crippen molar-refractivity contribution in [2.24, 2.45) is 5.41 Å². The van der Waals surface area contributed by atoms with E-state index in [9.17, 15) is 14.4 Å². The first kappa shape index (κ1) is 22.7. The first-order valence-corrected chi connectivity index (χ1v) is 10.3. The van der Waals surface area contributed by atoms with Gasteiger partial charge >= 0.3 is 0 Å². The summed E-state index contributed by atoms with van der Waals surface area (Å²) >= 11 is 0. The summed E-state index contributed by atoms with van der Waals surface area (Å²) in [6, 6.07) is 17.5. The molecule has 0 aliphatic heterocycles. The highest BCUT2D eigenvalue weighted by atomic mass is 16.2. The van der Waals surface area contributed by atoms with E-state index in [0.29, 0.717) is 11.3 Å². The summed E-state index contributed by atoms with van der Waals surface area (Å²) in [7, 11) is 0. The molecular weight excluding hydrogens is 402 g/mol. The van der Waals surface area contributed by atoms with E-state index >= 15 is 0 Å². The smallest absolute Gasteiger partial charge is 0.255 e. The Labute approximate surface area is 187 Å². The van der Waals surface area contributed by atoms with Crippen LogP contribution in [0.2, 0.25) is 0 Å². The summed E-state index contributed by atoms with van der Waals surface area (Å²) in [5.74, 6) is -0.475. The summed E-state index contributed by atoms with van der Waals surface area (Å²) in [5, 5.41) is 12.2. The number of benzene rings is 2. The van der Waals surface area contributed by atoms with Crippen LogP contribution in [-0.2, 0) is 4.79 Å². The Kier molecular flexibility index (Phi) is 6.40. The van der Waals surface area contributed by atoms with E-state index in [4.69, 9.17) is 5.26 Å². The van der Waals surface area contributed by atoms with Crippen LogP contribution in [0.25, 0.3) is 6.08 Å². The summed E-state index contributed by atoms with van der Waals surface area (Å²) in [4.78, 5) is 39.5. The largest absolute Gasteiger partial charge is 0.377 e. The average molecular weight is 428 g/mol. The predicted octanol–water partition coefficient (Wildman–Crippen LogP) is 4.38. The number of amides is 1. The second kappa shape index (κ2) is 9.03. The minimum atomic E-state index is -0.723. The highest BCUT2D eigenvalue weighted by Crippen LogP contribution is 2.32. The van der Waals surface area contributed by atoms with Crippen molar-refractivity contribution >= 4 is 29.0 Å². The molecule has 1 N–H and O–H groups in total. The van der Waals surface area contributed by atoms with Gasteiger partial charge in [0, 0.05) is 17.8 Å². The third-order valence-corrected chi connectivity index (χ3v) is 5.46. The van der Waals surface area contributed by atoms with Gasteiger partial charge in [0.2, 0.25) is 0 Å². The molecule has 0 saturated heterocycles. The van der Waals surface area contributed by atoms with Crippen molar-refractivity contribution in [1.29, 1.82) is 5.26 Å². The van der Waals surface area contributed by atoms with Gasteiger partial charge in [0.25, 0.3) is 16.8 Å². The van der Waals surface area contributed by atoms with Gasteiger partial charge in [0.15, 0.2) is 0 Å². The van der Waals surface area contributed by atoms with Crippen LogP contribution >= 0.6 is 0 Å². The van der Waals surface area contributed by atoms with E-state index in [-0.39, 0.29) is 22.8 Å². The zero-order chi connectivity index (χ0) is 23.5. The van der Waals surface area contributed by atoms with Crippen LogP contribution in [0.15, 0.2) is 70.3 Å². The molecule has 3 aromatic carbocycles. The fourth-order valence-electron chi connectivity index (χ4n) is 3.02. The first-order valence-electron chi connectivity index (χ1n) is 10.3. The number of carbonyl (C=O) groups excluding carboxylic acids is 1. The van der Waals surface area contributed by atoms with Gasteiger partial charge in [-0.3, -0.25) is 19.3 Å². The van der Waals surface area contributed by atoms with Crippen LogP contribution < -0.4 is 21.1 Å². The Bertz CT molecular complexity index is 1250. The first-order chi connectivity index (χ1) is 15.1. The number of carbonyl (C=O) groups is 1. The lowest BCUT2D eigenvalue weighted by molar-refractivity contribution is -0.113. The lowest BCUT2D eigenvalue weighted by atomic mass is 9.87. The molecule has 1 unspecified atom stereocenters. The minimum Gasteiger partial charge on any atom is -0.377 e. The molecule has 1 amide bonds. The summed E-state index contributed by atoms with van der Waals surface area (Å²) in [5.41, 5.74) is 0.241. The van der Waals surface area contributed by atoms with Gasteiger partial charge in [0.1, 0.15) is 11.4 Å². The second-order valence-corrected chi connectivity index (χ2v) is 8.69. The number of hydrogen-bond donors (Lipinski definition) is 1. The normalized spacial score (nSPS) is 12.5. The number of nitrogens with one attached hydrogen (secondary N) is 1. The average Bonchev–Trinajstić information content (AvgIpc) is 2.79. The van der Waals surface area contributed by atoms with Gasteiger partial charge in [-0.15, -0.1) is 0 Å². The van der Waals surface area contributed by atoms with Crippen LogP contribution in [0.3, 0.4) is 0 Å². The van der Waals surface area contributed by atoms with E-state index in [2.05, 4.69) is 5.32 Å². The van der Waals surface area contributed by atoms with Crippen LogP contribution in [0, 0.1) is 16.7 Å². The van der Waals surface area contributed by atoms with Crippen molar-refractivity contribution in [3.63, 3.8) is 0 Å². The molecule has 6 nitrogen and oxygen atoms in total. The molecule has 1 atom stereocenters. The monoisotopic (exact) mass is 427 g/mol. The molecule has 0 radical (unpaired) electrons. The molecular formula is C26H25N3O3. The number of anilines is 3.